The number of esters is 1. The number of nitrogens with zero attached hydrogens (tertiary/aromatic N) is 2. The van der Waals surface area contributed by atoms with E-state index in [4.69, 9.17) is 14.6 Å². The number of hydrogen-bond acceptors (Lipinski definition) is 5. The number of rotatable bonds is 10. The van der Waals surface area contributed by atoms with Crippen molar-refractivity contribution in [2.24, 2.45) is 7.05 Å². The Labute approximate surface area is 222 Å². The second kappa shape index (κ2) is 11.1. The molecule has 2 aromatic heterocycles. The molecule has 0 atom stereocenters. The third-order valence-corrected chi connectivity index (χ3v) is 7.02. The first kappa shape index (κ1) is 25.5. The third kappa shape index (κ3) is 4.77. The van der Waals surface area contributed by atoms with Gasteiger partial charge in [-0.1, -0.05) is 54.6 Å². The van der Waals surface area contributed by atoms with Crippen molar-refractivity contribution in [3.63, 3.8) is 0 Å². The van der Waals surface area contributed by atoms with Crippen LogP contribution in [0.4, 0.5) is 0 Å². The van der Waals surface area contributed by atoms with Crippen LogP contribution in [0.2, 0.25) is 0 Å². The van der Waals surface area contributed by atoms with Crippen LogP contribution in [0.25, 0.3) is 32.8 Å². The Bertz CT molecular complexity index is 1590. The molecule has 0 saturated heterocycles. The van der Waals surface area contributed by atoms with E-state index in [1.165, 1.54) is 0 Å². The summed E-state index contributed by atoms with van der Waals surface area (Å²) in [6, 6.07) is 20.5. The summed E-state index contributed by atoms with van der Waals surface area (Å²) in [6.07, 6.45) is 1.43. The molecule has 0 aliphatic heterocycles. The van der Waals surface area contributed by atoms with Crippen molar-refractivity contribution >= 4 is 27.6 Å². The second-order valence-electron chi connectivity index (χ2n) is 9.42. The number of benzene rings is 3. The molecule has 5 aromatic rings. The molecule has 38 heavy (non-hydrogen) atoms. The zero-order valence-electron chi connectivity index (χ0n) is 22.4. The van der Waals surface area contributed by atoms with Crippen LogP contribution in [0.5, 0.6) is 5.75 Å². The Morgan fingerprint density at radius 3 is 2.63 bits per heavy atom. The minimum Gasteiger partial charge on any atom is -0.493 e. The highest BCUT2D eigenvalue weighted by Gasteiger charge is 2.23. The SMILES string of the molecule is CCOC(=O)c1[nH]c2c(-c3c(CNC)nn(C)c3C)cccc2c1CCCOc1cccc2ccccc12. The molecule has 0 fully saturated rings. The molecule has 7 heteroatoms. The summed E-state index contributed by atoms with van der Waals surface area (Å²) in [5.74, 6) is 0.539. The maximum atomic E-state index is 13.0. The minimum atomic E-state index is -0.335. The number of aromatic nitrogens is 3. The van der Waals surface area contributed by atoms with E-state index >= 15 is 0 Å². The smallest absolute Gasteiger partial charge is 0.355 e. The Morgan fingerprint density at radius 2 is 1.82 bits per heavy atom. The molecule has 7 nitrogen and oxygen atoms in total. The number of para-hydroxylation sites is 1. The largest absolute Gasteiger partial charge is 0.493 e. The summed E-state index contributed by atoms with van der Waals surface area (Å²) in [7, 11) is 3.87. The van der Waals surface area contributed by atoms with Gasteiger partial charge in [0.1, 0.15) is 11.4 Å². The van der Waals surface area contributed by atoms with Crippen molar-refractivity contribution in [3.05, 3.63) is 83.3 Å². The van der Waals surface area contributed by atoms with Gasteiger partial charge in [0.25, 0.3) is 0 Å². The number of carbonyl (C=O) groups excluding carboxylic acids is 1. The summed E-state index contributed by atoms with van der Waals surface area (Å²) >= 11 is 0. The van der Waals surface area contributed by atoms with Gasteiger partial charge in [-0.3, -0.25) is 4.68 Å². The van der Waals surface area contributed by atoms with Crippen LogP contribution in [0.1, 0.15) is 40.8 Å². The minimum absolute atomic E-state index is 0.318. The zero-order valence-corrected chi connectivity index (χ0v) is 22.4. The summed E-state index contributed by atoms with van der Waals surface area (Å²) in [6.45, 7) is 5.40. The van der Waals surface area contributed by atoms with Crippen molar-refractivity contribution in [2.45, 2.75) is 33.2 Å². The molecule has 196 valence electrons. The average Bonchev–Trinajstić information content (AvgIpc) is 3.43. The molecule has 0 radical (unpaired) electrons. The normalized spacial score (nSPS) is 11.4. The van der Waals surface area contributed by atoms with Gasteiger partial charge in [-0.15, -0.1) is 0 Å². The van der Waals surface area contributed by atoms with Gasteiger partial charge in [-0.25, -0.2) is 4.79 Å². The summed E-state index contributed by atoms with van der Waals surface area (Å²) < 4.78 is 13.5. The first-order chi connectivity index (χ1) is 18.5. The fraction of sp³-hybridized carbons (Fsp3) is 0.290. The van der Waals surface area contributed by atoms with Crippen LogP contribution >= 0.6 is 0 Å². The van der Waals surface area contributed by atoms with E-state index in [2.05, 4.69) is 47.6 Å². The lowest BCUT2D eigenvalue weighted by Gasteiger charge is -2.10. The molecule has 2 heterocycles. The Hall–Kier alpha value is -4.10. The lowest BCUT2D eigenvalue weighted by Crippen LogP contribution is -2.09. The maximum absolute atomic E-state index is 13.0. The average molecular weight is 511 g/mol. The van der Waals surface area contributed by atoms with Crippen molar-refractivity contribution in [2.75, 3.05) is 20.3 Å². The first-order valence-corrected chi connectivity index (χ1v) is 13.1. The quantitative estimate of drug-likeness (QED) is 0.180. The first-order valence-electron chi connectivity index (χ1n) is 13.1. The summed E-state index contributed by atoms with van der Waals surface area (Å²) in [4.78, 5) is 16.4. The van der Waals surface area contributed by atoms with Gasteiger partial charge >= 0.3 is 5.97 Å². The molecule has 5 rings (SSSR count). The van der Waals surface area contributed by atoms with Crippen LogP contribution in [0.15, 0.2) is 60.7 Å². The van der Waals surface area contributed by atoms with Crippen LogP contribution in [0, 0.1) is 6.92 Å². The number of aryl methyl sites for hydroxylation is 2. The lowest BCUT2D eigenvalue weighted by atomic mass is 9.98. The van der Waals surface area contributed by atoms with Crippen LogP contribution in [-0.2, 0) is 24.8 Å². The third-order valence-electron chi connectivity index (χ3n) is 7.02. The van der Waals surface area contributed by atoms with Gasteiger partial charge in [0.05, 0.1) is 24.4 Å². The molecular weight excluding hydrogens is 476 g/mol. The zero-order chi connectivity index (χ0) is 26.6. The standard InChI is InChI=1S/C31H34N4O3/c1-5-37-31(36)30-24(16-10-18-38-27-17-8-12-21-11-6-7-13-22(21)27)23-14-9-15-25(29(23)33-30)28-20(2)35(4)34-26(28)19-32-3/h6-9,11-15,17,32-33H,5,10,16,18-19H2,1-4H3. The highest BCUT2D eigenvalue weighted by molar-refractivity contribution is 6.04. The van der Waals surface area contributed by atoms with Crippen molar-refractivity contribution in [1.82, 2.24) is 20.1 Å². The second-order valence-corrected chi connectivity index (χ2v) is 9.42. The molecular formula is C31H34N4O3. The van der Waals surface area contributed by atoms with E-state index in [-0.39, 0.29) is 5.97 Å². The number of aromatic amines is 1. The molecule has 3 aromatic carbocycles. The monoisotopic (exact) mass is 510 g/mol. The molecule has 0 aliphatic rings. The van der Waals surface area contributed by atoms with Crippen molar-refractivity contribution in [3.8, 4) is 16.9 Å². The van der Waals surface area contributed by atoms with E-state index < -0.39 is 0 Å². The molecule has 2 N–H and O–H groups in total. The molecule has 0 saturated carbocycles. The number of hydrogen-bond donors (Lipinski definition) is 2. The number of H-pyrrole nitrogens is 1. The number of ether oxygens (including phenoxy) is 2. The van der Waals surface area contributed by atoms with Crippen LogP contribution in [0.3, 0.4) is 0 Å². The predicted octanol–water partition coefficient (Wildman–Crippen LogP) is 5.94. The van der Waals surface area contributed by atoms with Gasteiger partial charge < -0.3 is 19.8 Å². The topological polar surface area (TPSA) is 81.2 Å². The van der Waals surface area contributed by atoms with Crippen LogP contribution < -0.4 is 10.1 Å². The van der Waals surface area contributed by atoms with E-state index in [1.807, 2.05) is 56.0 Å². The van der Waals surface area contributed by atoms with Gasteiger partial charge in [0.15, 0.2) is 0 Å². The fourth-order valence-electron chi connectivity index (χ4n) is 5.19. The Kier molecular flexibility index (Phi) is 7.47. The van der Waals surface area contributed by atoms with Crippen molar-refractivity contribution < 1.29 is 14.3 Å². The highest BCUT2D eigenvalue weighted by Crippen LogP contribution is 2.36. The molecule has 0 aliphatic carbocycles. The van der Waals surface area contributed by atoms with Gasteiger partial charge in [-0.2, -0.15) is 5.10 Å². The van der Waals surface area contributed by atoms with E-state index in [0.29, 0.717) is 31.9 Å². The van der Waals surface area contributed by atoms with Crippen LogP contribution in [-0.4, -0.2) is 41.0 Å². The summed E-state index contributed by atoms with van der Waals surface area (Å²) in [5, 5.41) is 11.2. The molecule has 0 amide bonds. The lowest BCUT2D eigenvalue weighted by molar-refractivity contribution is 0.0519. The Balaban J connectivity index is 1.48. The highest BCUT2D eigenvalue weighted by atomic mass is 16.5. The summed E-state index contributed by atoms with van der Waals surface area (Å²) in [5.41, 5.74) is 6.54. The maximum Gasteiger partial charge on any atom is 0.355 e. The van der Waals surface area contributed by atoms with Gasteiger partial charge in [-0.05, 0) is 50.8 Å². The number of nitrogens with one attached hydrogen (secondary N) is 2. The van der Waals surface area contributed by atoms with E-state index in [1.54, 1.807) is 0 Å². The fourth-order valence-corrected chi connectivity index (χ4v) is 5.19. The number of carbonyl (C=O) groups is 1. The number of fused-ring (bicyclic) bond motifs is 2. The molecule has 0 spiro atoms. The molecule has 0 bridgehead atoms. The predicted molar refractivity (Wildman–Crippen MR) is 152 cm³/mol. The molecule has 0 unspecified atom stereocenters. The van der Waals surface area contributed by atoms with E-state index in [9.17, 15) is 4.79 Å². The Morgan fingerprint density at radius 1 is 1.05 bits per heavy atom. The van der Waals surface area contributed by atoms with E-state index in [0.717, 1.165) is 61.9 Å². The van der Waals surface area contributed by atoms with Crippen molar-refractivity contribution in [1.29, 1.82) is 0 Å². The van der Waals surface area contributed by atoms with Gasteiger partial charge in [0, 0.05) is 41.2 Å². The van der Waals surface area contributed by atoms with Gasteiger partial charge in [0.2, 0.25) is 0 Å².